The Kier molecular flexibility index (Phi) is 4.57. The van der Waals surface area contributed by atoms with Crippen LogP contribution in [-0.2, 0) is 4.79 Å². The van der Waals surface area contributed by atoms with Crippen LogP contribution < -0.4 is 14.4 Å². The molecule has 0 spiro atoms. The third-order valence-corrected chi connectivity index (χ3v) is 3.10. The van der Waals surface area contributed by atoms with Gasteiger partial charge in [-0.3, -0.25) is 9.69 Å². The quantitative estimate of drug-likeness (QED) is 0.787. The summed E-state index contributed by atoms with van der Waals surface area (Å²) in [5, 5.41) is 8.77. The lowest BCUT2D eigenvalue weighted by Gasteiger charge is -2.33. The van der Waals surface area contributed by atoms with E-state index < -0.39 is 5.97 Å². The summed E-state index contributed by atoms with van der Waals surface area (Å²) in [5.74, 6) is 0.619. The fourth-order valence-electron chi connectivity index (χ4n) is 2.04. The van der Waals surface area contributed by atoms with Gasteiger partial charge in [0.25, 0.3) is 0 Å². The normalized spacial score (nSPS) is 16.0. The van der Waals surface area contributed by atoms with Gasteiger partial charge in [0.05, 0.1) is 26.8 Å². The summed E-state index contributed by atoms with van der Waals surface area (Å²) in [6.07, 6.45) is 0. The Morgan fingerprint density at radius 1 is 1.20 bits per heavy atom. The average Bonchev–Trinajstić information content (AvgIpc) is 2.46. The highest BCUT2D eigenvalue weighted by Gasteiger charge is 2.21. The molecular formula is C12H18N4O4. The molecule has 1 fully saturated rings. The van der Waals surface area contributed by atoms with Gasteiger partial charge in [-0.05, 0) is 0 Å². The monoisotopic (exact) mass is 282 g/mol. The molecule has 0 saturated carbocycles. The topological polar surface area (TPSA) is 88.0 Å². The second kappa shape index (κ2) is 6.38. The second-order valence-corrected chi connectivity index (χ2v) is 4.41. The number of hydrogen-bond donors (Lipinski definition) is 1. The van der Waals surface area contributed by atoms with Crippen LogP contribution in [0.25, 0.3) is 0 Å². The lowest BCUT2D eigenvalue weighted by Crippen LogP contribution is -2.48. The molecule has 1 aromatic rings. The third-order valence-electron chi connectivity index (χ3n) is 3.10. The van der Waals surface area contributed by atoms with Gasteiger partial charge in [0, 0.05) is 26.2 Å². The molecule has 8 nitrogen and oxygen atoms in total. The standard InChI is InChI=1S/C12H18N4O4/c1-19-9-7-10(20-2)14-12(13-9)16-5-3-15(4-6-16)8-11(17)18/h7H,3-6,8H2,1-2H3,(H,17,18). The zero-order valence-electron chi connectivity index (χ0n) is 11.6. The fourth-order valence-corrected chi connectivity index (χ4v) is 2.04. The Hall–Kier alpha value is -2.09. The van der Waals surface area contributed by atoms with Crippen LogP contribution in [0.15, 0.2) is 6.07 Å². The van der Waals surface area contributed by atoms with Crippen molar-refractivity contribution >= 4 is 11.9 Å². The van der Waals surface area contributed by atoms with E-state index >= 15 is 0 Å². The molecule has 1 saturated heterocycles. The Labute approximate surface area is 116 Å². The Morgan fingerprint density at radius 2 is 1.75 bits per heavy atom. The van der Waals surface area contributed by atoms with Gasteiger partial charge in [-0.25, -0.2) is 0 Å². The first-order valence-electron chi connectivity index (χ1n) is 6.28. The molecule has 8 heteroatoms. The minimum atomic E-state index is -0.808. The maximum atomic E-state index is 10.7. The van der Waals surface area contributed by atoms with E-state index in [1.807, 2.05) is 9.80 Å². The van der Waals surface area contributed by atoms with E-state index in [0.717, 1.165) is 0 Å². The zero-order chi connectivity index (χ0) is 14.5. The number of anilines is 1. The van der Waals surface area contributed by atoms with Gasteiger partial charge < -0.3 is 19.5 Å². The van der Waals surface area contributed by atoms with Crippen molar-refractivity contribution in [3.8, 4) is 11.8 Å². The van der Waals surface area contributed by atoms with Gasteiger partial charge in [-0.2, -0.15) is 9.97 Å². The van der Waals surface area contributed by atoms with Gasteiger partial charge in [-0.1, -0.05) is 0 Å². The molecule has 0 aromatic carbocycles. The van der Waals surface area contributed by atoms with E-state index in [-0.39, 0.29) is 6.54 Å². The number of methoxy groups -OCH3 is 2. The molecule has 0 unspecified atom stereocenters. The van der Waals surface area contributed by atoms with Crippen LogP contribution in [0.1, 0.15) is 0 Å². The Bertz CT molecular complexity index is 452. The first-order chi connectivity index (χ1) is 9.62. The van der Waals surface area contributed by atoms with E-state index in [1.54, 1.807) is 6.07 Å². The molecule has 0 aliphatic carbocycles. The number of carbonyl (C=O) groups is 1. The smallest absolute Gasteiger partial charge is 0.317 e. The van der Waals surface area contributed by atoms with Crippen molar-refractivity contribution in [3.63, 3.8) is 0 Å². The molecule has 2 rings (SSSR count). The SMILES string of the molecule is COc1cc(OC)nc(N2CCN(CC(=O)O)CC2)n1. The number of nitrogens with zero attached hydrogens (tertiary/aromatic N) is 4. The average molecular weight is 282 g/mol. The van der Waals surface area contributed by atoms with E-state index in [0.29, 0.717) is 43.9 Å². The molecule has 0 bridgehead atoms. The van der Waals surface area contributed by atoms with Gasteiger partial charge in [-0.15, -0.1) is 0 Å². The molecule has 2 heterocycles. The third kappa shape index (κ3) is 3.47. The van der Waals surface area contributed by atoms with Crippen LogP contribution in [0.4, 0.5) is 5.95 Å². The zero-order valence-corrected chi connectivity index (χ0v) is 11.6. The van der Waals surface area contributed by atoms with Crippen LogP contribution in [0.5, 0.6) is 11.8 Å². The van der Waals surface area contributed by atoms with Crippen molar-refractivity contribution in [2.45, 2.75) is 0 Å². The first-order valence-corrected chi connectivity index (χ1v) is 6.28. The summed E-state index contributed by atoms with van der Waals surface area (Å²) < 4.78 is 10.2. The van der Waals surface area contributed by atoms with E-state index in [1.165, 1.54) is 14.2 Å². The number of rotatable bonds is 5. The highest BCUT2D eigenvalue weighted by Crippen LogP contribution is 2.20. The lowest BCUT2D eigenvalue weighted by molar-refractivity contribution is -0.138. The maximum absolute atomic E-state index is 10.7. The molecular weight excluding hydrogens is 264 g/mol. The second-order valence-electron chi connectivity index (χ2n) is 4.41. The van der Waals surface area contributed by atoms with Crippen molar-refractivity contribution in [1.82, 2.24) is 14.9 Å². The largest absolute Gasteiger partial charge is 0.481 e. The minimum absolute atomic E-state index is 0.0656. The molecule has 1 aromatic heterocycles. The van der Waals surface area contributed by atoms with Crippen molar-refractivity contribution in [2.75, 3.05) is 51.8 Å². The molecule has 1 aliphatic heterocycles. The van der Waals surface area contributed by atoms with Gasteiger partial charge in [0.2, 0.25) is 17.7 Å². The van der Waals surface area contributed by atoms with Gasteiger partial charge in [0.15, 0.2) is 0 Å². The number of piperazine rings is 1. The number of ether oxygens (including phenoxy) is 2. The molecule has 0 radical (unpaired) electrons. The molecule has 0 amide bonds. The van der Waals surface area contributed by atoms with Crippen molar-refractivity contribution < 1.29 is 19.4 Å². The van der Waals surface area contributed by atoms with Crippen LogP contribution >= 0.6 is 0 Å². The summed E-state index contributed by atoms with van der Waals surface area (Å²) in [7, 11) is 3.08. The summed E-state index contributed by atoms with van der Waals surface area (Å²) in [5.41, 5.74) is 0. The van der Waals surface area contributed by atoms with Crippen LogP contribution in [0, 0.1) is 0 Å². The fraction of sp³-hybridized carbons (Fsp3) is 0.583. The first kappa shape index (κ1) is 14.3. The van der Waals surface area contributed by atoms with Gasteiger partial charge >= 0.3 is 5.97 Å². The summed E-state index contributed by atoms with van der Waals surface area (Å²) in [6.45, 7) is 2.73. The molecule has 110 valence electrons. The number of carboxylic acid groups (broad SMARTS) is 1. The molecule has 20 heavy (non-hydrogen) atoms. The van der Waals surface area contributed by atoms with Crippen molar-refractivity contribution in [3.05, 3.63) is 6.07 Å². The highest BCUT2D eigenvalue weighted by molar-refractivity contribution is 5.69. The highest BCUT2D eigenvalue weighted by atomic mass is 16.5. The number of carboxylic acids is 1. The van der Waals surface area contributed by atoms with Gasteiger partial charge in [0.1, 0.15) is 0 Å². The lowest BCUT2D eigenvalue weighted by atomic mass is 10.3. The summed E-state index contributed by atoms with van der Waals surface area (Å²) in [6, 6.07) is 1.62. The maximum Gasteiger partial charge on any atom is 0.317 e. The predicted octanol–water partition coefficient (Wildman–Crippen LogP) is -0.300. The predicted molar refractivity (Wildman–Crippen MR) is 71.4 cm³/mol. The summed E-state index contributed by atoms with van der Waals surface area (Å²) >= 11 is 0. The van der Waals surface area contributed by atoms with E-state index in [4.69, 9.17) is 14.6 Å². The molecule has 1 aliphatic rings. The van der Waals surface area contributed by atoms with Crippen LogP contribution in [0.3, 0.4) is 0 Å². The van der Waals surface area contributed by atoms with Crippen molar-refractivity contribution in [1.29, 1.82) is 0 Å². The van der Waals surface area contributed by atoms with E-state index in [9.17, 15) is 4.79 Å². The molecule has 1 N–H and O–H groups in total. The van der Waals surface area contributed by atoms with Crippen LogP contribution in [0.2, 0.25) is 0 Å². The number of aliphatic carboxylic acids is 1. The van der Waals surface area contributed by atoms with E-state index in [2.05, 4.69) is 9.97 Å². The number of aromatic nitrogens is 2. The summed E-state index contributed by atoms with van der Waals surface area (Å²) in [4.78, 5) is 23.1. The number of hydrogen-bond acceptors (Lipinski definition) is 7. The minimum Gasteiger partial charge on any atom is -0.481 e. The Morgan fingerprint density at radius 3 is 2.20 bits per heavy atom. The van der Waals surface area contributed by atoms with Crippen LogP contribution in [-0.4, -0.2) is 72.9 Å². The van der Waals surface area contributed by atoms with Crippen molar-refractivity contribution in [2.24, 2.45) is 0 Å². The molecule has 0 atom stereocenters. The Balaban J connectivity index is 2.04.